The van der Waals surface area contributed by atoms with Crippen LogP contribution in [0, 0.1) is 13.8 Å². The van der Waals surface area contributed by atoms with Gasteiger partial charge in [-0.2, -0.15) is 0 Å². The molecule has 0 saturated carbocycles. The molecule has 0 saturated heterocycles. The minimum atomic E-state index is 1.04. The Labute approximate surface area is 116 Å². The van der Waals surface area contributed by atoms with E-state index in [1.807, 2.05) is 0 Å². The number of H-pyrrole nitrogens is 1. The van der Waals surface area contributed by atoms with Gasteiger partial charge in [-0.05, 0) is 68.9 Å². The number of nitrogens with zero attached hydrogens (tertiary/aromatic N) is 1. The molecule has 1 N–H and O–H groups in total. The van der Waals surface area contributed by atoms with Crippen LogP contribution in [0.15, 0.2) is 21.8 Å². The molecule has 0 aromatic carbocycles. The smallest absolute Gasteiger partial charge is 0.0688 e. The number of aromatic nitrogens is 1. The molecule has 0 amide bonds. The fraction of sp³-hybridized carbons (Fsp3) is 0.471. The van der Waals surface area contributed by atoms with E-state index in [0.29, 0.717) is 0 Å². The van der Waals surface area contributed by atoms with E-state index in [-0.39, 0.29) is 0 Å². The van der Waals surface area contributed by atoms with Crippen molar-refractivity contribution in [3.05, 3.63) is 39.4 Å². The Bertz CT molecular complexity index is 595. The quantitative estimate of drug-likeness (QED) is 0.809. The fourth-order valence-corrected chi connectivity index (χ4v) is 2.93. The van der Waals surface area contributed by atoms with Crippen molar-refractivity contribution < 1.29 is 0 Å². The third-order valence-corrected chi connectivity index (χ3v) is 4.21. The molecule has 0 radical (unpaired) electrons. The van der Waals surface area contributed by atoms with Gasteiger partial charge in [0.25, 0.3) is 0 Å². The molecule has 0 aliphatic carbocycles. The van der Waals surface area contributed by atoms with Crippen LogP contribution in [0.25, 0.3) is 6.08 Å². The molecule has 2 nitrogen and oxygen atoms in total. The zero-order valence-corrected chi connectivity index (χ0v) is 12.9. The maximum absolute atomic E-state index is 4.71. The molecule has 2 heteroatoms. The van der Waals surface area contributed by atoms with Crippen LogP contribution in [-0.2, 0) is 6.42 Å². The second-order valence-corrected chi connectivity index (χ2v) is 5.30. The van der Waals surface area contributed by atoms with Gasteiger partial charge in [-0.25, -0.2) is 0 Å². The largest absolute Gasteiger partial charge is 0.359 e. The number of aliphatic imine (C=N–C) groups is 1. The van der Waals surface area contributed by atoms with Crippen molar-refractivity contribution in [3.63, 3.8) is 0 Å². The summed E-state index contributed by atoms with van der Waals surface area (Å²) >= 11 is 0. The molecule has 0 spiro atoms. The fourth-order valence-electron chi connectivity index (χ4n) is 2.93. The Morgan fingerprint density at radius 2 is 1.74 bits per heavy atom. The van der Waals surface area contributed by atoms with E-state index in [4.69, 9.17) is 4.99 Å². The van der Waals surface area contributed by atoms with Gasteiger partial charge >= 0.3 is 0 Å². The van der Waals surface area contributed by atoms with Crippen LogP contribution in [0.1, 0.15) is 56.6 Å². The number of allylic oxidation sites excluding steroid dienone is 2. The van der Waals surface area contributed by atoms with Gasteiger partial charge in [0.05, 0.1) is 5.70 Å². The lowest BCUT2D eigenvalue weighted by Gasteiger charge is -2.02. The van der Waals surface area contributed by atoms with E-state index in [1.54, 1.807) is 0 Å². The van der Waals surface area contributed by atoms with Crippen molar-refractivity contribution in [2.24, 2.45) is 4.99 Å². The molecule has 1 aromatic heterocycles. The summed E-state index contributed by atoms with van der Waals surface area (Å²) in [6, 6.07) is 0. The van der Waals surface area contributed by atoms with Crippen LogP contribution >= 0.6 is 0 Å². The van der Waals surface area contributed by atoms with Crippen molar-refractivity contribution >= 4 is 11.8 Å². The highest BCUT2D eigenvalue weighted by Gasteiger charge is 2.17. The number of nitrogens with one attached hydrogen (secondary N) is 1. The highest BCUT2D eigenvalue weighted by atomic mass is 14.8. The Morgan fingerprint density at radius 1 is 1.05 bits per heavy atom. The van der Waals surface area contributed by atoms with Gasteiger partial charge in [0.15, 0.2) is 0 Å². The van der Waals surface area contributed by atoms with Crippen molar-refractivity contribution in [1.82, 2.24) is 4.98 Å². The van der Waals surface area contributed by atoms with E-state index < -0.39 is 0 Å². The molecule has 0 unspecified atom stereocenters. The molecular weight excluding hydrogens is 232 g/mol. The molecule has 0 bridgehead atoms. The maximum Gasteiger partial charge on any atom is 0.0688 e. The zero-order chi connectivity index (χ0) is 14.2. The Kier molecular flexibility index (Phi) is 3.79. The average Bonchev–Trinajstić information content (AvgIpc) is 2.78. The van der Waals surface area contributed by atoms with Gasteiger partial charge < -0.3 is 4.98 Å². The lowest BCUT2D eigenvalue weighted by molar-refractivity contribution is 1.08. The van der Waals surface area contributed by atoms with Gasteiger partial charge in [0, 0.05) is 17.1 Å². The standard InChI is InChI=1S/C17H24N2/c1-7-14-11(4)16(19-13(14)6)9-17-15(8-2)10(3)12(5)18-17/h9,19H,7-8H2,1-6H3/b17-9+. The van der Waals surface area contributed by atoms with Crippen LogP contribution in [0.2, 0.25) is 0 Å². The maximum atomic E-state index is 4.71. The van der Waals surface area contributed by atoms with Crippen LogP contribution in [-0.4, -0.2) is 10.7 Å². The number of aryl methyl sites for hydroxylation is 1. The number of aromatic amines is 1. The summed E-state index contributed by atoms with van der Waals surface area (Å²) in [5.74, 6) is 0. The summed E-state index contributed by atoms with van der Waals surface area (Å²) in [5, 5.41) is 0. The third-order valence-electron chi connectivity index (χ3n) is 4.21. The second-order valence-electron chi connectivity index (χ2n) is 5.30. The normalized spacial score (nSPS) is 17.6. The molecule has 102 valence electrons. The van der Waals surface area contributed by atoms with E-state index in [2.05, 4.69) is 52.6 Å². The molecule has 1 aliphatic rings. The highest BCUT2D eigenvalue weighted by Crippen LogP contribution is 2.30. The van der Waals surface area contributed by atoms with E-state index in [9.17, 15) is 0 Å². The average molecular weight is 256 g/mol. The topological polar surface area (TPSA) is 28.1 Å². The first-order chi connectivity index (χ1) is 8.99. The van der Waals surface area contributed by atoms with Gasteiger partial charge in [-0.15, -0.1) is 0 Å². The SMILES string of the molecule is CCC1=C(C)C(C)=N/C1=C/c1[nH]c(C)c(CC)c1C. The predicted molar refractivity (Wildman–Crippen MR) is 83.7 cm³/mol. The third kappa shape index (κ3) is 2.32. The molecule has 19 heavy (non-hydrogen) atoms. The summed E-state index contributed by atoms with van der Waals surface area (Å²) in [4.78, 5) is 8.20. The van der Waals surface area contributed by atoms with Crippen molar-refractivity contribution in [2.75, 3.05) is 0 Å². The predicted octanol–water partition coefficient (Wildman–Crippen LogP) is 4.74. The minimum absolute atomic E-state index is 1.04. The van der Waals surface area contributed by atoms with Gasteiger partial charge in [0.2, 0.25) is 0 Å². The first-order valence-corrected chi connectivity index (χ1v) is 7.15. The molecule has 1 aliphatic heterocycles. The summed E-state index contributed by atoms with van der Waals surface area (Å²) < 4.78 is 0. The number of hydrogen-bond acceptors (Lipinski definition) is 1. The molecule has 0 atom stereocenters. The Morgan fingerprint density at radius 3 is 2.26 bits per heavy atom. The van der Waals surface area contributed by atoms with E-state index >= 15 is 0 Å². The molecule has 2 heterocycles. The monoisotopic (exact) mass is 256 g/mol. The summed E-state index contributed by atoms with van der Waals surface area (Å²) in [5.41, 5.74) is 10.3. The molecular formula is C17H24N2. The van der Waals surface area contributed by atoms with Crippen molar-refractivity contribution in [1.29, 1.82) is 0 Å². The number of hydrogen-bond donors (Lipinski definition) is 1. The molecule has 2 rings (SSSR count). The first-order valence-electron chi connectivity index (χ1n) is 7.15. The summed E-state index contributed by atoms with van der Waals surface area (Å²) in [7, 11) is 0. The van der Waals surface area contributed by atoms with Crippen molar-refractivity contribution in [3.8, 4) is 0 Å². The van der Waals surface area contributed by atoms with E-state index in [0.717, 1.165) is 24.3 Å². The number of rotatable bonds is 3. The Balaban J connectivity index is 2.49. The lowest BCUT2D eigenvalue weighted by atomic mass is 10.0. The van der Waals surface area contributed by atoms with Gasteiger partial charge in [-0.3, -0.25) is 4.99 Å². The van der Waals surface area contributed by atoms with Crippen LogP contribution in [0.4, 0.5) is 0 Å². The van der Waals surface area contributed by atoms with Crippen LogP contribution in [0.5, 0.6) is 0 Å². The summed E-state index contributed by atoms with van der Waals surface area (Å²) in [6.07, 6.45) is 4.33. The zero-order valence-electron chi connectivity index (χ0n) is 12.9. The highest BCUT2D eigenvalue weighted by molar-refractivity contribution is 6.03. The van der Waals surface area contributed by atoms with Crippen LogP contribution in [0.3, 0.4) is 0 Å². The van der Waals surface area contributed by atoms with Gasteiger partial charge in [0.1, 0.15) is 0 Å². The van der Waals surface area contributed by atoms with Gasteiger partial charge in [-0.1, -0.05) is 13.8 Å². The Hall–Kier alpha value is -1.57. The van der Waals surface area contributed by atoms with Crippen molar-refractivity contribution in [2.45, 2.75) is 54.4 Å². The molecule has 0 fully saturated rings. The van der Waals surface area contributed by atoms with E-state index in [1.165, 1.54) is 33.7 Å². The summed E-state index contributed by atoms with van der Waals surface area (Å²) in [6.45, 7) is 13.0. The molecule has 1 aromatic rings. The minimum Gasteiger partial charge on any atom is -0.359 e. The lowest BCUT2D eigenvalue weighted by Crippen LogP contribution is -1.89. The first kappa shape index (κ1) is 13.9. The second kappa shape index (κ2) is 5.20. The van der Waals surface area contributed by atoms with Crippen LogP contribution < -0.4 is 0 Å².